The Bertz CT molecular complexity index is 354. The van der Waals surface area contributed by atoms with Gasteiger partial charge in [-0.25, -0.2) is 4.79 Å². The van der Waals surface area contributed by atoms with Gasteiger partial charge in [0.05, 0.1) is 6.61 Å². The highest BCUT2D eigenvalue weighted by Gasteiger charge is 2.47. The van der Waals surface area contributed by atoms with Gasteiger partial charge in [-0.2, -0.15) is 0 Å². The van der Waals surface area contributed by atoms with E-state index < -0.39 is 11.6 Å². The van der Waals surface area contributed by atoms with E-state index in [1.807, 2.05) is 12.1 Å². The van der Waals surface area contributed by atoms with Gasteiger partial charge in [0.25, 0.3) is 0 Å². The first kappa shape index (κ1) is 9.68. The molecule has 14 heavy (non-hydrogen) atoms. The quantitative estimate of drug-likeness (QED) is 0.882. The van der Waals surface area contributed by atoms with Crippen molar-refractivity contribution < 1.29 is 14.6 Å². The van der Waals surface area contributed by atoms with Gasteiger partial charge in [0.15, 0.2) is 5.60 Å². The second-order valence-electron chi connectivity index (χ2n) is 3.24. The fourth-order valence-corrected chi connectivity index (χ4v) is 1.81. The van der Waals surface area contributed by atoms with Crippen molar-refractivity contribution in [1.29, 1.82) is 0 Å². The molecule has 2 rings (SSSR count). The highest BCUT2D eigenvalue weighted by atomic mass is 79.9. The summed E-state index contributed by atoms with van der Waals surface area (Å²) in [7, 11) is 0. The molecule has 0 amide bonds. The number of aliphatic carboxylic acids is 1. The molecule has 1 aliphatic heterocycles. The van der Waals surface area contributed by atoms with Gasteiger partial charge >= 0.3 is 5.97 Å². The molecule has 0 saturated carbocycles. The van der Waals surface area contributed by atoms with Crippen molar-refractivity contribution in [1.82, 2.24) is 0 Å². The minimum absolute atomic E-state index is 0.516. The summed E-state index contributed by atoms with van der Waals surface area (Å²) < 4.78 is 6.12. The fourth-order valence-electron chi connectivity index (χ4n) is 1.55. The number of hydrogen-bond donors (Lipinski definition) is 1. The van der Waals surface area contributed by atoms with Gasteiger partial charge in [0, 0.05) is 10.9 Å². The molecule has 3 nitrogen and oxygen atoms in total. The van der Waals surface area contributed by atoms with E-state index in [2.05, 4.69) is 15.9 Å². The number of carboxylic acids is 1. The zero-order chi connectivity index (χ0) is 10.2. The SMILES string of the molecule is O=C(O)C1(c2ccc(Br)cc2)CCO1. The Balaban J connectivity index is 2.37. The van der Waals surface area contributed by atoms with E-state index in [4.69, 9.17) is 9.84 Å². The minimum atomic E-state index is -1.10. The van der Waals surface area contributed by atoms with Crippen LogP contribution in [0.15, 0.2) is 28.7 Å². The molecular formula is C10H9BrO3. The molecule has 4 heteroatoms. The number of carboxylic acid groups (broad SMARTS) is 1. The summed E-state index contributed by atoms with van der Waals surface area (Å²) >= 11 is 3.30. The maximum atomic E-state index is 11.1. The Kier molecular flexibility index (Phi) is 2.33. The molecule has 1 N–H and O–H groups in total. The van der Waals surface area contributed by atoms with Crippen LogP contribution in [0.3, 0.4) is 0 Å². The lowest BCUT2D eigenvalue weighted by molar-refractivity contribution is -0.197. The molecule has 0 aromatic heterocycles. The number of rotatable bonds is 2. The molecule has 1 heterocycles. The summed E-state index contributed by atoms with van der Waals surface area (Å²) in [4.78, 5) is 11.1. The summed E-state index contributed by atoms with van der Waals surface area (Å²) in [5, 5.41) is 9.07. The number of hydrogen-bond acceptors (Lipinski definition) is 2. The largest absolute Gasteiger partial charge is 0.479 e. The Morgan fingerprint density at radius 1 is 1.43 bits per heavy atom. The lowest BCUT2D eigenvalue weighted by Crippen LogP contribution is -2.47. The molecule has 0 bridgehead atoms. The summed E-state index contributed by atoms with van der Waals surface area (Å²) in [6, 6.07) is 7.19. The van der Waals surface area contributed by atoms with Crippen molar-refractivity contribution in [3.05, 3.63) is 34.3 Å². The second-order valence-corrected chi connectivity index (χ2v) is 4.15. The Labute approximate surface area is 89.8 Å². The average Bonchev–Trinajstić information content (AvgIpc) is 2.05. The van der Waals surface area contributed by atoms with Crippen LogP contribution in [0.1, 0.15) is 12.0 Å². The first-order valence-corrected chi connectivity index (χ1v) is 5.08. The highest BCUT2D eigenvalue weighted by molar-refractivity contribution is 9.10. The average molecular weight is 257 g/mol. The van der Waals surface area contributed by atoms with Crippen LogP contribution in [-0.2, 0) is 15.1 Å². The van der Waals surface area contributed by atoms with E-state index in [0.29, 0.717) is 18.6 Å². The van der Waals surface area contributed by atoms with E-state index >= 15 is 0 Å². The van der Waals surface area contributed by atoms with Crippen molar-refractivity contribution in [3.63, 3.8) is 0 Å². The van der Waals surface area contributed by atoms with Crippen molar-refractivity contribution >= 4 is 21.9 Å². The standard InChI is InChI=1S/C10H9BrO3/c11-8-3-1-7(2-4-8)10(9(12)13)5-6-14-10/h1-4H,5-6H2,(H,12,13). The predicted molar refractivity (Wildman–Crippen MR) is 54.0 cm³/mol. The third kappa shape index (κ3) is 1.35. The summed E-state index contributed by atoms with van der Waals surface area (Å²) in [6.07, 6.45) is 0.546. The molecule has 1 aromatic carbocycles. The Hall–Kier alpha value is -0.870. The van der Waals surface area contributed by atoms with Crippen molar-refractivity contribution in [2.75, 3.05) is 6.61 Å². The van der Waals surface area contributed by atoms with E-state index in [0.717, 1.165) is 4.47 Å². The van der Waals surface area contributed by atoms with Gasteiger partial charge in [0.2, 0.25) is 0 Å². The maximum absolute atomic E-state index is 11.1. The van der Waals surface area contributed by atoms with Crippen LogP contribution in [0.2, 0.25) is 0 Å². The molecule has 1 fully saturated rings. The van der Waals surface area contributed by atoms with E-state index in [1.54, 1.807) is 12.1 Å². The van der Waals surface area contributed by atoms with Crippen molar-refractivity contribution in [2.24, 2.45) is 0 Å². The van der Waals surface area contributed by atoms with Crippen LogP contribution in [0.5, 0.6) is 0 Å². The second kappa shape index (κ2) is 3.37. The molecule has 0 spiro atoms. The first-order chi connectivity index (χ1) is 6.65. The topological polar surface area (TPSA) is 46.5 Å². The monoisotopic (exact) mass is 256 g/mol. The summed E-state index contributed by atoms with van der Waals surface area (Å²) in [5.41, 5.74) is -0.389. The van der Waals surface area contributed by atoms with Gasteiger partial charge in [-0.05, 0) is 17.7 Å². The van der Waals surface area contributed by atoms with Crippen molar-refractivity contribution in [3.8, 4) is 0 Å². The first-order valence-electron chi connectivity index (χ1n) is 4.28. The lowest BCUT2D eigenvalue weighted by atomic mass is 9.87. The molecule has 1 aliphatic rings. The molecule has 0 radical (unpaired) electrons. The molecular weight excluding hydrogens is 248 g/mol. The third-order valence-electron chi connectivity index (χ3n) is 2.46. The highest BCUT2D eigenvalue weighted by Crippen LogP contribution is 2.37. The smallest absolute Gasteiger partial charge is 0.340 e. The van der Waals surface area contributed by atoms with Gasteiger partial charge < -0.3 is 9.84 Å². The van der Waals surface area contributed by atoms with Gasteiger partial charge in [0.1, 0.15) is 0 Å². The summed E-state index contributed by atoms with van der Waals surface area (Å²) in [6.45, 7) is 0.516. The molecule has 74 valence electrons. The molecule has 1 saturated heterocycles. The van der Waals surface area contributed by atoms with Gasteiger partial charge in [-0.1, -0.05) is 28.1 Å². The van der Waals surface area contributed by atoms with Crippen LogP contribution in [-0.4, -0.2) is 17.7 Å². The van der Waals surface area contributed by atoms with Gasteiger partial charge in [-0.15, -0.1) is 0 Å². The number of carbonyl (C=O) groups is 1. The van der Waals surface area contributed by atoms with E-state index in [-0.39, 0.29) is 0 Å². The summed E-state index contributed by atoms with van der Waals surface area (Å²) in [5.74, 6) is -0.911. The van der Waals surface area contributed by atoms with E-state index in [9.17, 15) is 4.79 Å². The van der Waals surface area contributed by atoms with Crippen LogP contribution in [0, 0.1) is 0 Å². The maximum Gasteiger partial charge on any atom is 0.340 e. The number of ether oxygens (including phenoxy) is 1. The Morgan fingerprint density at radius 3 is 2.36 bits per heavy atom. The molecule has 1 aromatic rings. The van der Waals surface area contributed by atoms with Crippen LogP contribution in [0.25, 0.3) is 0 Å². The zero-order valence-corrected chi connectivity index (χ0v) is 8.95. The predicted octanol–water partition coefficient (Wildman–Crippen LogP) is 2.15. The van der Waals surface area contributed by atoms with Crippen molar-refractivity contribution in [2.45, 2.75) is 12.0 Å². The van der Waals surface area contributed by atoms with Gasteiger partial charge in [-0.3, -0.25) is 0 Å². The normalized spacial score (nSPS) is 25.5. The van der Waals surface area contributed by atoms with Crippen LogP contribution >= 0.6 is 15.9 Å². The lowest BCUT2D eigenvalue weighted by Gasteiger charge is -2.38. The van der Waals surface area contributed by atoms with E-state index in [1.165, 1.54) is 0 Å². The molecule has 1 unspecified atom stereocenters. The zero-order valence-electron chi connectivity index (χ0n) is 7.37. The minimum Gasteiger partial charge on any atom is -0.479 e. The fraction of sp³-hybridized carbons (Fsp3) is 0.300. The van der Waals surface area contributed by atoms with Crippen LogP contribution < -0.4 is 0 Å². The van der Waals surface area contributed by atoms with Crippen LogP contribution in [0.4, 0.5) is 0 Å². The molecule has 1 atom stereocenters. The number of halogens is 1. The Morgan fingerprint density at radius 2 is 2.00 bits per heavy atom. The number of benzene rings is 1. The third-order valence-corrected chi connectivity index (χ3v) is 2.99. The molecule has 0 aliphatic carbocycles.